The molecule has 82 valence electrons. The largest absolute Gasteiger partial charge is 0.399 e. The van der Waals surface area contributed by atoms with Crippen LogP contribution in [0.15, 0.2) is 24.3 Å². The summed E-state index contributed by atoms with van der Waals surface area (Å²) in [4.78, 5) is 4.52. The second kappa shape index (κ2) is 3.63. The number of nitrogen functional groups attached to an aromatic ring is 1. The van der Waals surface area contributed by atoms with Crippen molar-refractivity contribution in [2.45, 2.75) is 25.2 Å². The van der Waals surface area contributed by atoms with Crippen LogP contribution in [0.4, 0.5) is 5.69 Å². The Balaban J connectivity index is 1.88. The fraction of sp³-hybridized carbons (Fsp3) is 0.333. The molecule has 4 nitrogen and oxygen atoms in total. The van der Waals surface area contributed by atoms with Crippen LogP contribution < -0.4 is 5.73 Å². The van der Waals surface area contributed by atoms with Crippen molar-refractivity contribution in [1.29, 1.82) is 0 Å². The van der Waals surface area contributed by atoms with Crippen LogP contribution in [0.5, 0.6) is 0 Å². The minimum atomic E-state index is 0.568. The van der Waals surface area contributed by atoms with E-state index in [1.807, 2.05) is 24.3 Å². The van der Waals surface area contributed by atoms with Gasteiger partial charge in [0.1, 0.15) is 0 Å². The van der Waals surface area contributed by atoms with Crippen molar-refractivity contribution < 1.29 is 0 Å². The number of aromatic amines is 1. The predicted octanol–water partition coefficient (Wildman–Crippen LogP) is 2.32. The zero-order chi connectivity index (χ0) is 11.0. The summed E-state index contributed by atoms with van der Waals surface area (Å²) in [5, 5.41) is 7.26. The Morgan fingerprint density at radius 1 is 1.19 bits per heavy atom. The molecule has 0 spiro atoms. The lowest BCUT2D eigenvalue weighted by Crippen LogP contribution is -2.10. The Morgan fingerprint density at radius 3 is 2.56 bits per heavy atom. The van der Waals surface area contributed by atoms with Crippen LogP contribution in [-0.4, -0.2) is 15.2 Å². The standard InChI is InChI=1S/C12H14N4/c13-10-6-4-9(5-7-10)12-14-11(15-16-12)8-2-1-3-8/h4-8H,1-3,13H2,(H,14,15,16). The molecular formula is C12H14N4. The molecule has 2 aromatic rings. The molecule has 0 radical (unpaired) electrons. The molecule has 1 aromatic carbocycles. The SMILES string of the molecule is Nc1ccc(-c2nc(C3CCC3)n[nH]2)cc1. The lowest BCUT2D eigenvalue weighted by molar-refractivity contribution is 0.402. The predicted molar refractivity (Wildman–Crippen MR) is 62.8 cm³/mol. The van der Waals surface area contributed by atoms with Crippen molar-refractivity contribution in [2.75, 3.05) is 5.73 Å². The number of nitrogens with zero attached hydrogens (tertiary/aromatic N) is 2. The first-order valence-electron chi connectivity index (χ1n) is 5.61. The summed E-state index contributed by atoms with van der Waals surface area (Å²) < 4.78 is 0. The maximum Gasteiger partial charge on any atom is 0.155 e. The van der Waals surface area contributed by atoms with Crippen molar-refractivity contribution >= 4 is 5.69 Å². The van der Waals surface area contributed by atoms with E-state index < -0.39 is 0 Å². The van der Waals surface area contributed by atoms with Crippen molar-refractivity contribution in [3.63, 3.8) is 0 Å². The Morgan fingerprint density at radius 2 is 1.94 bits per heavy atom. The van der Waals surface area contributed by atoms with Crippen LogP contribution in [0.2, 0.25) is 0 Å². The average Bonchev–Trinajstić information content (AvgIpc) is 2.65. The van der Waals surface area contributed by atoms with E-state index in [2.05, 4.69) is 15.2 Å². The van der Waals surface area contributed by atoms with Crippen molar-refractivity contribution in [3.8, 4) is 11.4 Å². The van der Waals surface area contributed by atoms with E-state index in [0.29, 0.717) is 5.92 Å². The highest BCUT2D eigenvalue weighted by atomic mass is 15.2. The van der Waals surface area contributed by atoms with Crippen molar-refractivity contribution in [2.24, 2.45) is 0 Å². The third-order valence-electron chi connectivity index (χ3n) is 3.16. The molecule has 3 N–H and O–H groups in total. The molecule has 1 heterocycles. The quantitative estimate of drug-likeness (QED) is 0.754. The minimum Gasteiger partial charge on any atom is -0.399 e. The number of nitrogens with one attached hydrogen (secondary N) is 1. The zero-order valence-corrected chi connectivity index (χ0v) is 8.98. The Kier molecular flexibility index (Phi) is 2.13. The molecule has 3 rings (SSSR count). The number of H-pyrrole nitrogens is 1. The lowest BCUT2D eigenvalue weighted by atomic mass is 9.85. The molecule has 1 aliphatic carbocycles. The molecule has 0 amide bonds. The second-order valence-corrected chi connectivity index (χ2v) is 4.29. The number of nitrogens with two attached hydrogens (primary N) is 1. The number of hydrogen-bond acceptors (Lipinski definition) is 3. The maximum absolute atomic E-state index is 5.64. The average molecular weight is 214 g/mol. The number of hydrogen-bond donors (Lipinski definition) is 2. The molecule has 16 heavy (non-hydrogen) atoms. The summed E-state index contributed by atoms with van der Waals surface area (Å²) in [6.07, 6.45) is 3.74. The zero-order valence-electron chi connectivity index (χ0n) is 8.98. The molecule has 0 bridgehead atoms. The van der Waals surface area contributed by atoms with E-state index in [0.717, 1.165) is 22.9 Å². The summed E-state index contributed by atoms with van der Waals surface area (Å²) >= 11 is 0. The highest BCUT2D eigenvalue weighted by Gasteiger charge is 2.23. The smallest absolute Gasteiger partial charge is 0.155 e. The van der Waals surface area contributed by atoms with Gasteiger partial charge in [0.05, 0.1) is 0 Å². The molecule has 1 saturated carbocycles. The van der Waals surface area contributed by atoms with E-state index in [1.54, 1.807) is 0 Å². The number of aromatic nitrogens is 3. The topological polar surface area (TPSA) is 67.6 Å². The van der Waals surface area contributed by atoms with E-state index in [1.165, 1.54) is 19.3 Å². The van der Waals surface area contributed by atoms with Gasteiger partial charge in [-0.3, -0.25) is 5.10 Å². The second-order valence-electron chi connectivity index (χ2n) is 4.29. The van der Waals surface area contributed by atoms with Crippen LogP contribution in [0.1, 0.15) is 31.0 Å². The number of rotatable bonds is 2. The summed E-state index contributed by atoms with van der Waals surface area (Å²) in [7, 11) is 0. The third kappa shape index (κ3) is 1.56. The highest BCUT2D eigenvalue weighted by molar-refractivity contribution is 5.58. The van der Waals surface area contributed by atoms with E-state index in [9.17, 15) is 0 Å². The van der Waals surface area contributed by atoms with Gasteiger partial charge in [-0.05, 0) is 37.1 Å². The normalized spacial score (nSPS) is 16.0. The van der Waals surface area contributed by atoms with Gasteiger partial charge >= 0.3 is 0 Å². The van der Waals surface area contributed by atoms with Gasteiger partial charge in [0.25, 0.3) is 0 Å². The van der Waals surface area contributed by atoms with Gasteiger partial charge in [0.2, 0.25) is 0 Å². The molecule has 0 aliphatic heterocycles. The van der Waals surface area contributed by atoms with Crippen molar-refractivity contribution in [1.82, 2.24) is 15.2 Å². The monoisotopic (exact) mass is 214 g/mol. The van der Waals surface area contributed by atoms with Crippen LogP contribution in [-0.2, 0) is 0 Å². The minimum absolute atomic E-state index is 0.568. The van der Waals surface area contributed by atoms with Crippen LogP contribution in [0, 0.1) is 0 Å². The molecular weight excluding hydrogens is 200 g/mol. The van der Waals surface area contributed by atoms with Gasteiger partial charge < -0.3 is 5.73 Å². The molecule has 0 atom stereocenters. The van der Waals surface area contributed by atoms with Crippen LogP contribution in [0.3, 0.4) is 0 Å². The lowest BCUT2D eigenvalue weighted by Gasteiger charge is -2.21. The first kappa shape index (κ1) is 9.39. The summed E-state index contributed by atoms with van der Waals surface area (Å²) in [5.74, 6) is 2.36. The Labute approximate surface area is 93.9 Å². The maximum atomic E-state index is 5.64. The van der Waals surface area contributed by atoms with E-state index in [-0.39, 0.29) is 0 Å². The van der Waals surface area contributed by atoms with Gasteiger partial charge in [0, 0.05) is 17.2 Å². The Hall–Kier alpha value is -1.84. The van der Waals surface area contributed by atoms with Crippen molar-refractivity contribution in [3.05, 3.63) is 30.1 Å². The third-order valence-corrected chi connectivity index (χ3v) is 3.16. The molecule has 1 aliphatic rings. The van der Waals surface area contributed by atoms with Gasteiger partial charge in [-0.2, -0.15) is 5.10 Å². The summed E-state index contributed by atoms with van der Waals surface area (Å²) in [6, 6.07) is 7.67. The Bertz CT molecular complexity index is 482. The summed E-state index contributed by atoms with van der Waals surface area (Å²) in [6.45, 7) is 0. The molecule has 0 saturated heterocycles. The first-order chi connectivity index (χ1) is 7.83. The highest BCUT2D eigenvalue weighted by Crippen LogP contribution is 2.34. The molecule has 0 unspecified atom stereocenters. The van der Waals surface area contributed by atoms with E-state index in [4.69, 9.17) is 5.73 Å². The summed E-state index contributed by atoms with van der Waals surface area (Å²) in [5.41, 5.74) is 7.44. The van der Waals surface area contributed by atoms with Gasteiger partial charge in [-0.25, -0.2) is 4.98 Å². The van der Waals surface area contributed by atoms with Crippen LogP contribution in [0.25, 0.3) is 11.4 Å². The van der Waals surface area contributed by atoms with Crippen LogP contribution >= 0.6 is 0 Å². The fourth-order valence-electron chi connectivity index (χ4n) is 1.89. The van der Waals surface area contributed by atoms with E-state index >= 15 is 0 Å². The number of benzene rings is 1. The molecule has 4 heteroatoms. The fourth-order valence-corrected chi connectivity index (χ4v) is 1.89. The van der Waals surface area contributed by atoms with Gasteiger partial charge in [0.15, 0.2) is 11.6 Å². The molecule has 1 fully saturated rings. The van der Waals surface area contributed by atoms with Gasteiger partial charge in [-0.1, -0.05) is 6.42 Å². The van der Waals surface area contributed by atoms with Gasteiger partial charge in [-0.15, -0.1) is 0 Å². The first-order valence-corrected chi connectivity index (χ1v) is 5.61. The number of anilines is 1. The molecule has 1 aromatic heterocycles.